The molecule has 0 saturated heterocycles. The number of nitrogen functional groups attached to an aromatic ring is 1. The Bertz CT molecular complexity index is 915. The van der Waals surface area contributed by atoms with E-state index in [1.165, 1.54) is 0 Å². The standard InChI is InChI=1S/C18H15F3N2O5/c19-18(20,21)11-2-3-12(13(22)6-11)17(25)26-8-16(24)23-7-10-1-4-14-15(5-10)28-9-27-14/h1-6H,7-9,22H2,(H,23,24). The van der Waals surface area contributed by atoms with E-state index in [9.17, 15) is 22.8 Å². The molecule has 3 rings (SSSR count). The van der Waals surface area contributed by atoms with Gasteiger partial charge in [-0.15, -0.1) is 0 Å². The van der Waals surface area contributed by atoms with Crippen LogP contribution in [-0.4, -0.2) is 25.3 Å². The van der Waals surface area contributed by atoms with Crippen LogP contribution >= 0.6 is 0 Å². The largest absolute Gasteiger partial charge is 0.454 e. The van der Waals surface area contributed by atoms with Crippen LogP contribution < -0.4 is 20.5 Å². The minimum atomic E-state index is -4.58. The summed E-state index contributed by atoms with van der Waals surface area (Å²) in [4.78, 5) is 23.8. The number of rotatable bonds is 5. The van der Waals surface area contributed by atoms with Crippen molar-refractivity contribution in [3.8, 4) is 11.5 Å². The average Bonchev–Trinajstić information content (AvgIpc) is 3.11. The number of hydrogen-bond donors (Lipinski definition) is 2. The number of nitrogens with one attached hydrogen (secondary N) is 1. The van der Waals surface area contributed by atoms with Gasteiger partial charge in [0.1, 0.15) is 0 Å². The smallest absolute Gasteiger partial charge is 0.416 e. The molecular weight excluding hydrogens is 381 g/mol. The van der Waals surface area contributed by atoms with Crippen LogP contribution in [0.1, 0.15) is 21.5 Å². The average molecular weight is 396 g/mol. The molecule has 0 aliphatic carbocycles. The van der Waals surface area contributed by atoms with Crippen molar-refractivity contribution in [3.05, 3.63) is 53.1 Å². The number of nitrogens with two attached hydrogens (primary N) is 1. The summed E-state index contributed by atoms with van der Waals surface area (Å²) in [5.41, 5.74) is 4.60. The molecule has 28 heavy (non-hydrogen) atoms. The van der Waals surface area contributed by atoms with Crippen LogP contribution in [0.25, 0.3) is 0 Å². The molecule has 0 unspecified atom stereocenters. The van der Waals surface area contributed by atoms with Gasteiger partial charge in [0.2, 0.25) is 6.79 Å². The van der Waals surface area contributed by atoms with Crippen molar-refractivity contribution in [1.29, 1.82) is 0 Å². The molecule has 0 bridgehead atoms. The fourth-order valence-electron chi connectivity index (χ4n) is 2.44. The van der Waals surface area contributed by atoms with E-state index in [1.807, 2.05) is 0 Å². The molecule has 1 heterocycles. The first-order valence-corrected chi connectivity index (χ1v) is 8.03. The summed E-state index contributed by atoms with van der Waals surface area (Å²) in [6.07, 6.45) is -4.58. The molecule has 7 nitrogen and oxygen atoms in total. The van der Waals surface area contributed by atoms with Gasteiger partial charge in [0, 0.05) is 12.2 Å². The highest BCUT2D eigenvalue weighted by Gasteiger charge is 2.31. The molecule has 0 radical (unpaired) electrons. The maximum Gasteiger partial charge on any atom is 0.416 e. The van der Waals surface area contributed by atoms with E-state index in [1.54, 1.807) is 18.2 Å². The summed E-state index contributed by atoms with van der Waals surface area (Å²) in [6, 6.07) is 7.41. The van der Waals surface area contributed by atoms with Crippen molar-refractivity contribution in [2.75, 3.05) is 19.1 Å². The highest BCUT2D eigenvalue weighted by molar-refractivity contribution is 5.96. The fraction of sp³-hybridized carbons (Fsp3) is 0.222. The van der Waals surface area contributed by atoms with Gasteiger partial charge in [0.05, 0.1) is 11.1 Å². The lowest BCUT2D eigenvalue weighted by molar-refractivity contribution is -0.137. The number of fused-ring (bicyclic) bond motifs is 1. The second kappa shape index (κ2) is 7.67. The fourth-order valence-corrected chi connectivity index (χ4v) is 2.44. The van der Waals surface area contributed by atoms with Gasteiger partial charge in [0.25, 0.3) is 5.91 Å². The first-order chi connectivity index (χ1) is 13.2. The maximum absolute atomic E-state index is 12.6. The zero-order chi connectivity index (χ0) is 20.3. The van der Waals surface area contributed by atoms with Crippen LogP contribution in [0.15, 0.2) is 36.4 Å². The molecule has 2 aromatic carbocycles. The van der Waals surface area contributed by atoms with E-state index in [4.69, 9.17) is 19.9 Å². The van der Waals surface area contributed by atoms with Crippen molar-refractivity contribution in [2.45, 2.75) is 12.7 Å². The van der Waals surface area contributed by atoms with Crippen LogP contribution in [0.5, 0.6) is 11.5 Å². The van der Waals surface area contributed by atoms with Crippen LogP contribution in [0.4, 0.5) is 18.9 Å². The van der Waals surface area contributed by atoms with Gasteiger partial charge in [0.15, 0.2) is 18.1 Å². The van der Waals surface area contributed by atoms with Crippen molar-refractivity contribution in [2.24, 2.45) is 0 Å². The first kappa shape index (κ1) is 19.3. The number of hydrogen-bond acceptors (Lipinski definition) is 6. The van der Waals surface area contributed by atoms with Crippen LogP contribution in [0, 0.1) is 0 Å². The molecule has 148 valence electrons. The molecule has 1 aliphatic rings. The Morgan fingerprint density at radius 3 is 2.57 bits per heavy atom. The lowest BCUT2D eigenvalue weighted by Crippen LogP contribution is -2.28. The van der Waals surface area contributed by atoms with E-state index in [0.717, 1.165) is 11.6 Å². The number of carbonyl (C=O) groups is 2. The van der Waals surface area contributed by atoms with Crippen LogP contribution in [-0.2, 0) is 22.3 Å². The zero-order valence-corrected chi connectivity index (χ0v) is 14.3. The third-order valence-electron chi connectivity index (χ3n) is 3.86. The quantitative estimate of drug-likeness (QED) is 0.595. The van der Waals surface area contributed by atoms with Gasteiger partial charge < -0.3 is 25.3 Å². The number of alkyl halides is 3. The topological polar surface area (TPSA) is 99.9 Å². The van der Waals surface area contributed by atoms with Gasteiger partial charge in [-0.3, -0.25) is 4.79 Å². The number of amides is 1. The molecule has 0 atom stereocenters. The predicted molar refractivity (Wildman–Crippen MR) is 90.6 cm³/mol. The first-order valence-electron chi connectivity index (χ1n) is 8.03. The van der Waals surface area contributed by atoms with Crippen LogP contribution in [0.2, 0.25) is 0 Å². The summed E-state index contributed by atoms with van der Waals surface area (Å²) in [5.74, 6) is -0.407. The Morgan fingerprint density at radius 1 is 1.11 bits per heavy atom. The Morgan fingerprint density at radius 2 is 1.86 bits per heavy atom. The van der Waals surface area contributed by atoms with E-state index in [0.29, 0.717) is 23.6 Å². The predicted octanol–water partition coefficient (Wildman–Crippen LogP) is 2.49. The van der Waals surface area contributed by atoms with E-state index in [2.05, 4.69) is 5.32 Å². The number of carbonyl (C=O) groups excluding carboxylic acids is 2. The van der Waals surface area contributed by atoms with Crippen molar-refractivity contribution in [1.82, 2.24) is 5.32 Å². The van der Waals surface area contributed by atoms with E-state index >= 15 is 0 Å². The molecule has 10 heteroatoms. The summed E-state index contributed by atoms with van der Waals surface area (Å²) < 4.78 is 53.1. The molecule has 3 N–H and O–H groups in total. The number of ether oxygens (including phenoxy) is 3. The summed E-state index contributed by atoms with van der Waals surface area (Å²) in [5, 5.41) is 2.55. The van der Waals surface area contributed by atoms with Crippen LogP contribution in [0.3, 0.4) is 0 Å². The zero-order valence-electron chi connectivity index (χ0n) is 14.3. The van der Waals surface area contributed by atoms with Gasteiger partial charge in [-0.05, 0) is 35.9 Å². The third-order valence-corrected chi connectivity index (χ3v) is 3.86. The second-order valence-electron chi connectivity index (χ2n) is 5.84. The van der Waals surface area contributed by atoms with Gasteiger partial charge in [-0.1, -0.05) is 6.07 Å². The minimum absolute atomic E-state index is 0.133. The van der Waals surface area contributed by atoms with Gasteiger partial charge >= 0.3 is 12.1 Å². The molecule has 1 amide bonds. The maximum atomic E-state index is 12.6. The van der Waals surface area contributed by atoms with Crippen molar-refractivity contribution in [3.63, 3.8) is 0 Å². The van der Waals surface area contributed by atoms with Crippen molar-refractivity contribution >= 4 is 17.6 Å². The molecular formula is C18H15F3N2O5. The van der Waals surface area contributed by atoms with E-state index in [-0.39, 0.29) is 24.6 Å². The second-order valence-corrected chi connectivity index (χ2v) is 5.84. The Labute approximate surface area is 157 Å². The summed E-state index contributed by atoms with van der Waals surface area (Å²) in [7, 11) is 0. The lowest BCUT2D eigenvalue weighted by Gasteiger charge is -2.11. The number of anilines is 1. The molecule has 2 aromatic rings. The van der Waals surface area contributed by atoms with Gasteiger partial charge in [-0.2, -0.15) is 13.2 Å². The number of esters is 1. The SMILES string of the molecule is Nc1cc(C(F)(F)F)ccc1C(=O)OCC(=O)NCc1ccc2c(c1)OCO2. The molecule has 0 aromatic heterocycles. The summed E-state index contributed by atoms with van der Waals surface area (Å²) in [6.45, 7) is -0.312. The molecule has 1 aliphatic heterocycles. The highest BCUT2D eigenvalue weighted by Crippen LogP contribution is 2.33. The molecule has 0 fully saturated rings. The Kier molecular flexibility index (Phi) is 5.30. The third kappa shape index (κ3) is 4.45. The Hall–Kier alpha value is -3.43. The molecule has 0 spiro atoms. The monoisotopic (exact) mass is 396 g/mol. The lowest BCUT2D eigenvalue weighted by atomic mass is 10.1. The number of halogens is 3. The molecule has 0 saturated carbocycles. The minimum Gasteiger partial charge on any atom is -0.454 e. The normalized spacial score (nSPS) is 12.5. The van der Waals surface area contributed by atoms with Crippen molar-refractivity contribution < 1.29 is 37.0 Å². The Balaban J connectivity index is 1.51. The highest BCUT2D eigenvalue weighted by atomic mass is 19.4. The van der Waals surface area contributed by atoms with Gasteiger partial charge in [-0.25, -0.2) is 4.79 Å². The number of benzene rings is 2. The van der Waals surface area contributed by atoms with E-state index < -0.39 is 30.2 Å². The summed E-state index contributed by atoms with van der Waals surface area (Å²) >= 11 is 0.